The Morgan fingerprint density at radius 2 is 2.06 bits per heavy atom. The molecule has 2 aliphatic rings. The third-order valence-corrected chi connectivity index (χ3v) is 7.51. The van der Waals surface area contributed by atoms with E-state index >= 15 is 0 Å². The van der Waals surface area contributed by atoms with Crippen LogP contribution in [-0.2, 0) is 9.59 Å². The van der Waals surface area contributed by atoms with Crippen LogP contribution in [0.15, 0.2) is 64.3 Å². The average Bonchev–Trinajstić information content (AvgIpc) is 2.85. The largest absolute Gasteiger partial charge is 0.494 e. The average molecular weight is 508 g/mol. The van der Waals surface area contributed by atoms with Gasteiger partial charge in [0.05, 0.1) is 34.9 Å². The van der Waals surface area contributed by atoms with E-state index in [1.165, 1.54) is 11.8 Å². The molecule has 1 amide bonds. The molecule has 6 nitrogen and oxygen atoms in total. The lowest BCUT2D eigenvalue weighted by atomic mass is 9.76. The molecule has 0 unspecified atom stereocenters. The number of ketones is 1. The lowest BCUT2D eigenvalue weighted by Crippen LogP contribution is -2.32. The number of allylic oxidation sites excluding steroid dienone is 3. The normalized spacial score (nSPS) is 17.4. The van der Waals surface area contributed by atoms with Crippen molar-refractivity contribution in [2.45, 2.75) is 39.0 Å². The van der Waals surface area contributed by atoms with Gasteiger partial charge in [-0.3, -0.25) is 9.59 Å². The lowest BCUT2D eigenvalue weighted by molar-refractivity contribution is -0.116. The van der Waals surface area contributed by atoms with Gasteiger partial charge in [-0.25, -0.2) is 0 Å². The number of thioether (sulfide) groups is 1. The first-order chi connectivity index (χ1) is 16.9. The van der Waals surface area contributed by atoms with Crippen LogP contribution in [0.5, 0.6) is 5.75 Å². The number of para-hydroxylation sites is 1. The molecule has 2 aromatic carbocycles. The van der Waals surface area contributed by atoms with Crippen molar-refractivity contribution in [1.82, 2.24) is 5.32 Å². The summed E-state index contributed by atoms with van der Waals surface area (Å²) in [6.07, 6.45) is 1.92. The molecule has 8 heteroatoms. The zero-order valence-corrected chi connectivity index (χ0v) is 21.2. The molecule has 2 aromatic rings. The SMILES string of the molecule is CCOc1ccccc1[C@@H]1C(C#N)=C(SCC(=O)Nc2cccc(Cl)c2C)NC2=C1C(=O)CCC2. The van der Waals surface area contributed by atoms with E-state index < -0.39 is 5.92 Å². The summed E-state index contributed by atoms with van der Waals surface area (Å²) < 4.78 is 5.85. The van der Waals surface area contributed by atoms with E-state index in [4.69, 9.17) is 16.3 Å². The molecule has 1 heterocycles. The highest BCUT2D eigenvalue weighted by atomic mass is 35.5. The van der Waals surface area contributed by atoms with Gasteiger partial charge in [0.1, 0.15) is 5.75 Å². The highest BCUT2D eigenvalue weighted by molar-refractivity contribution is 8.03. The topological polar surface area (TPSA) is 91.2 Å². The third kappa shape index (κ3) is 5.24. The Morgan fingerprint density at radius 1 is 1.26 bits per heavy atom. The number of nitriles is 1. The van der Waals surface area contributed by atoms with Crippen molar-refractivity contribution in [3.8, 4) is 11.8 Å². The molecule has 0 radical (unpaired) electrons. The molecule has 1 aliphatic carbocycles. The molecule has 1 aliphatic heterocycles. The number of nitrogens with zero attached hydrogens (tertiary/aromatic N) is 1. The molecule has 0 fully saturated rings. The van der Waals surface area contributed by atoms with E-state index in [9.17, 15) is 14.9 Å². The predicted octanol–water partition coefficient (Wildman–Crippen LogP) is 5.85. The molecule has 0 saturated carbocycles. The fourth-order valence-electron chi connectivity index (χ4n) is 4.42. The second-order valence-corrected chi connectivity index (χ2v) is 9.69. The number of ether oxygens (including phenoxy) is 1. The molecule has 1 atom stereocenters. The smallest absolute Gasteiger partial charge is 0.234 e. The summed E-state index contributed by atoms with van der Waals surface area (Å²) >= 11 is 7.42. The van der Waals surface area contributed by atoms with Crippen LogP contribution in [0, 0.1) is 18.3 Å². The first-order valence-corrected chi connectivity index (χ1v) is 12.9. The Kier molecular flexibility index (Phi) is 7.84. The predicted molar refractivity (Wildman–Crippen MR) is 139 cm³/mol. The van der Waals surface area contributed by atoms with Crippen LogP contribution >= 0.6 is 23.4 Å². The minimum atomic E-state index is -0.535. The molecular weight excluding hydrogens is 482 g/mol. The van der Waals surface area contributed by atoms with Gasteiger partial charge in [-0.05, 0) is 50.5 Å². The van der Waals surface area contributed by atoms with E-state index in [1.807, 2.05) is 38.1 Å². The highest BCUT2D eigenvalue weighted by Gasteiger charge is 2.38. The summed E-state index contributed by atoms with van der Waals surface area (Å²) in [4.78, 5) is 25.8. The lowest BCUT2D eigenvalue weighted by Gasteiger charge is -2.33. The molecule has 35 heavy (non-hydrogen) atoms. The second-order valence-electron chi connectivity index (χ2n) is 8.30. The standard InChI is InChI=1S/C27H26ClN3O3S/c1-3-34-23-13-5-4-8-17(23)25-18(14-29)27(31-21-11-7-12-22(32)26(21)25)35-15-24(33)30-20-10-6-9-19(28)16(20)2/h4-6,8-10,13,25,31H,3,7,11-12,15H2,1-2H3,(H,30,33)/t25-/m1/s1. The number of benzene rings is 2. The van der Waals surface area contributed by atoms with E-state index in [0.717, 1.165) is 23.2 Å². The van der Waals surface area contributed by atoms with Crippen LogP contribution in [-0.4, -0.2) is 24.1 Å². The number of carbonyl (C=O) groups is 2. The first kappa shape index (κ1) is 24.9. The maximum atomic E-state index is 13.0. The van der Waals surface area contributed by atoms with E-state index in [2.05, 4.69) is 16.7 Å². The van der Waals surface area contributed by atoms with E-state index in [0.29, 0.717) is 52.1 Å². The van der Waals surface area contributed by atoms with Gasteiger partial charge < -0.3 is 15.4 Å². The Bertz CT molecular complexity index is 1280. The third-order valence-electron chi connectivity index (χ3n) is 6.08. The molecule has 180 valence electrons. The van der Waals surface area contributed by atoms with Crippen molar-refractivity contribution >= 4 is 40.7 Å². The number of rotatable bonds is 7. The zero-order chi connectivity index (χ0) is 24.9. The van der Waals surface area contributed by atoms with Crippen LogP contribution < -0.4 is 15.4 Å². The number of hydrogen-bond acceptors (Lipinski definition) is 6. The van der Waals surface area contributed by atoms with Crippen molar-refractivity contribution in [2.24, 2.45) is 0 Å². The molecular formula is C27H26ClN3O3S. The summed E-state index contributed by atoms with van der Waals surface area (Å²) in [7, 11) is 0. The summed E-state index contributed by atoms with van der Waals surface area (Å²) in [6, 6.07) is 15.2. The second kappa shape index (κ2) is 11.0. The minimum Gasteiger partial charge on any atom is -0.494 e. The fourth-order valence-corrected chi connectivity index (χ4v) is 5.46. The van der Waals surface area contributed by atoms with Gasteiger partial charge in [-0.2, -0.15) is 5.26 Å². The van der Waals surface area contributed by atoms with Crippen molar-refractivity contribution < 1.29 is 14.3 Å². The monoisotopic (exact) mass is 507 g/mol. The number of halogens is 1. The van der Waals surface area contributed by atoms with Crippen molar-refractivity contribution in [2.75, 3.05) is 17.7 Å². The number of Topliss-reactive ketones (excluding diaryl/α,β-unsaturated/α-hetero) is 1. The first-order valence-electron chi connectivity index (χ1n) is 11.5. The van der Waals surface area contributed by atoms with Crippen LogP contribution in [0.4, 0.5) is 5.69 Å². The van der Waals surface area contributed by atoms with Gasteiger partial charge >= 0.3 is 0 Å². The quantitative estimate of drug-likeness (QED) is 0.488. The number of anilines is 1. The van der Waals surface area contributed by atoms with Crippen molar-refractivity contribution in [3.63, 3.8) is 0 Å². The van der Waals surface area contributed by atoms with Crippen LogP contribution in [0.25, 0.3) is 0 Å². The van der Waals surface area contributed by atoms with Gasteiger partial charge in [-0.15, -0.1) is 0 Å². The Balaban J connectivity index is 1.66. The van der Waals surface area contributed by atoms with Gasteiger partial charge in [0.2, 0.25) is 5.91 Å². The van der Waals surface area contributed by atoms with Crippen LogP contribution in [0.2, 0.25) is 5.02 Å². The molecule has 0 aromatic heterocycles. The Morgan fingerprint density at radius 3 is 2.83 bits per heavy atom. The van der Waals surface area contributed by atoms with Crippen molar-refractivity contribution in [1.29, 1.82) is 5.26 Å². The number of dihydropyridines is 1. The summed E-state index contributed by atoms with van der Waals surface area (Å²) in [6.45, 7) is 4.22. The Hall–Kier alpha value is -3.21. The van der Waals surface area contributed by atoms with E-state index in [1.54, 1.807) is 18.2 Å². The van der Waals surface area contributed by atoms with Gasteiger partial charge in [0.15, 0.2) is 5.78 Å². The summed E-state index contributed by atoms with van der Waals surface area (Å²) in [5.74, 6) is 0.0419. The van der Waals surface area contributed by atoms with Crippen LogP contribution in [0.1, 0.15) is 43.2 Å². The van der Waals surface area contributed by atoms with Gasteiger partial charge in [-0.1, -0.05) is 47.6 Å². The number of hydrogen-bond donors (Lipinski definition) is 2. The number of carbonyl (C=O) groups excluding carboxylic acids is 2. The zero-order valence-electron chi connectivity index (χ0n) is 19.6. The van der Waals surface area contributed by atoms with Gasteiger partial charge in [0, 0.05) is 34.0 Å². The molecule has 0 spiro atoms. The van der Waals surface area contributed by atoms with Gasteiger partial charge in [0.25, 0.3) is 0 Å². The summed E-state index contributed by atoms with van der Waals surface area (Å²) in [5, 5.41) is 17.6. The molecule has 2 N–H and O–H groups in total. The minimum absolute atomic E-state index is 0.0426. The summed E-state index contributed by atoms with van der Waals surface area (Å²) in [5.41, 5.74) is 4.10. The molecule has 4 rings (SSSR count). The fraction of sp³-hybridized carbons (Fsp3) is 0.296. The Labute approximate surface area is 214 Å². The molecule has 0 saturated heterocycles. The molecule has 0 bridgehead atoms. The highest BCUT2D eigenvalue weighted by Crippen LogP contribution is 2.46. The van der Waals surface area contributed by atoms with Crippen LogP contribution in [0.3, 0.4) is 0 Å². The van der Waals surface area contributed by atoms with Crippen molar-refractivity contribution in [3.05, 3.63) is 80.5 Å². The maximum absolute atomic E-state index is 13.0. The van der Waals surface area contributed by atoms with E-state index in [-0.39, 0.29) is 17.4 Å². The number of nitrogens with one attached hydrogen (secondary N) is 2. The maximum Gasteiger partial charge on any atom is 0.234 e. The number of amides is 1.